The molecule has 1 aliphatic heterocycles. The molecule has 1 aliphatic rings. The minimum absolute atomic E-state index is 0.225. The molecule has 3 amide bonds. The fourth-order valence-electron chi connectivity index (χ4n) is 2.83. The van der Waals surface area contributed by atoms with Crippen molar-refractivity contribution in [3.63, 3.8) is 0 Å². The highest BCUT2D eigenvalue weighted by Crippen LogP contribution is 2.32. The normalized spacial score (nSPS) is 14.9. The number of carbonyl (C=O) groups excluding carboxylic acids is 3. The number of amides is 3. The molecule has 8 heteroatoms. The van der Waals surface area contributed by atoms with E-state index in [-0.39, 0.29) is 17.7 Å². The number of hydrogen-bond acceptors (Lipinski definition) is 5. The Kier molecular flexibility index (Phi) is 5.01. The van der Waals surface area contributed by atoms with Gasteiger partial charge in [-0.2, -0.15) is 0 Å². The van der Waals surface area contributed by atoms with Crippen LogP contribution in [0.3, 0.4) is 0 Å². The number of hydrogen-bond donors (Lipinski definition) is 3. The van der Waals surface area contributed by atoms with Crippen molar-refractivity contribution in [2.75, 3.05) is 16.0 Å². The molecule has 0 saturated carbocycles. The molecule has 0 aliphatic carbocycles. The summed E-state index contributed by atoms with van der Waals surface area (Å²) in [6, 6.07) is 15.2. The summed E-state index contributed by atoms with van der Waals surface area (Å²) in [5, 5.41) is 10.1. The molecule has 3 aromatic rings. The molecule has 29 heavy (non-hydrogen) atoms. The second-order valence-electron chi connectivity index (χ2n) is 6.43. The fraction of sp³-hybridized carbons (Fsp3) is 0.0952. The number of benzene rings is 2. The molecule has 146 valence electrons. The lowest BCUT2D eigenvalue weighted by Gasteiger charge is -2.23. The molecular weight excluding hydrogens is 390 g/mol. The zero-order valence-corrected chi connectivity index (χ0v) is 16.2. The van der Waals surface area contributed by atoms with Crippen molar-refractivity contribution in [1.82, 2.24) is 0 Å². The van der Waals surface area contributed by atoms with Crippen LogP contribution in [0.5, 0.6) is 5.75 Å². The van der Waals surface area contributed by atoms with Gasteiger partial charge < -0.3 is 20.7 Å². The second-order valence-corrected chi connectivity index (χ2v) is 7.37. The number of rotatable bonds is 4. The van der Waals surface area contributed by atoms with E-state index in [1.54, 1.807) is 61.5 Å². The third kappa shape index (κ3) is 4.12. The van der Waals surface area contributed by atoms with Gasteiger partial charge in [-0.15, -0.1) is 11.3 Å². The number of anilines is 3. The van der Waals surface area contributed by atoms with Gasteiger partial charge in [0.15, 0.2) is 6.10 Å². The third-order valence-electron chi connectivity index (χ3n) is 4.30. The first-order valence-electron chi connectivity index (χ1n) is 8.87. The van der Waals surface area contributed by atoms with Crippen molar-refractivity contribution in [2.24, 2.45) is 0 Å². The van der Waals surface area contributed by atoms with E-state index in [0.29, 0.717) is 33.3 Å². The lowest BCUT2D eigenvalue weighted by atomic mass is 10.1. The lowest BCUT2D eigenvalue weighted by molar-refractivity contribution is -0.122. The number of nitrogens with one attached hydrogen (secondary N) is 3. The monoisotopic (exact) mass is 407 g/mol. The Balaban J connectivity index is 1.47. The Labute approximate surface area is 170 Å². The summed E-state index contributed by atoms with van der Waals surface area (Å²) < 4.78 is 5.51. The van der Waals surface area contributed by atoms with Gasteiger partial charge in [0.1, 0.15) is 5.75 Å². The highest BCUT2D eigenvalue weighted by molar-refractivity contribution is 7.12. The first-order valence-corrected chi connectivity index (χ1v) is 9.75. The summed E-state index contributed by atoms with van der Waals surface area (Å²) in [6.07, 6.45) is -0.560. The maximum absolute atomic E-state index is 12.6. The van der Waals surface area contributed by atoms with Gasteiger partial charge in [0.25, 0.3) is 17.7 Å². The van der Waals surface area contributed by atoms with E-state index < -0.39 is 6.10 Å². The van der Waals surface area contributed by atoms with Crippen LogP contribution in [-0.4, -0.2) is 23.8 Å². The van der Waals surface area contributed by atoms with Crippen molar-refractivity contribution in [3.05, 3.63) is 70.4 Å². The van der Waals surface area contributed by atoms with Crippen LogP contribution in [0, 0.1) is 0 Å². The number of carbonyl (C=O) groups is 3. The standard InChI is InChI=1S/C21H17N3O4S/c1-12-19(25)24-16-11-15(7-8-17(16)28-12)22-20(26)13-4-2-5-14(10-13)23-21(27)18-6-3-9-29-18/h2-12H,1H3,(H,22,26)(H,23,27)(H,24,25). The maximum Gasteiger partial charge on any atom is 0.265 e. The SMILES string of the molecule is CC1Oc2ccc(NC(=O)c3cccc(NC(=O)c4cccs4)c3)cc2NC1=O. The molecule has 0 saturated heterocycles. The van der Waals surface area contributed by atoms with E-state index in [9.17, 15) is 14.4 Å². The third-order valence-corrected chi connectivity index (χ3v) is 5.16. The first kappa shape index (κ1) is 18.7. The summed E-state index contributed by atoms with van der Waals surface area (Å²) in [5.74, 6) is -0.255. The minimum atomic E-state index is -0.560. The number of ether oxygens (including phenoxy) is 1. The van der Waals surface area contributed by atoms with Crippen LogP contribution in [0.1, 0.15) is 27.0 Å². The highest BCUT2D eigenvalue weighted by atomic mass is 32.1. The van der Waals surface area contributed by atoms with Gasteiger partial charge >= 0.3 is 0 Å². The zero-order chi connectivity index (χ0) is 20.4. The topological polar surface area (TPSA) is 96.5 Å². The Morgan fingerprint density at radius 1 is 1.00 bits per heavy atom. The Bertz CT molecular complexity index is 1100. The molecular formula is C21H17N3O4S. The summed E-state index contributed by atoms with van der Waals surface area (Å²) in [6.45, 7) is 1.66. The Morgan fingerprint density at radius 3 is 2.59 bits per heavy atom. The molecule has 1 atom stereocenters. The first-order chi connectivity index (χ1) is 14.0. The highest BCUT2D eigenvalue weighted by Gasteiger charge is 2.23. The molecule has 0 fully saturated rings. The maximum atomic E-state index is 12.6. The van der Waals surface area contributed by atoms with Crippen LogP contribution in [0.15, 0.2) is 60.0 Å². The van der Waals surface area contributed by atoms with Crippen LogP contribution < -0.4 is 20.7 Å². The summed E-state index contributed by atoms with van der Waals surface area (Å²) in [5.41, 5.74) is 1.93. The average Bonchev–Trinajstić information content (AvgIpc) is 3.24. The molecule has 0 radical (unpaired) electrons. The summed E-state index contributed by atoms with van der Waals surface area (Å²) >= 11 is 1.34. The van der Waals surface area contributed by atoms with Crippen molar-refractivity contribution < 1.29 is 19.1 Å². The van der Waals surface area contributed by atoms with Crippen molar-refractivity contribution in [2.45, 2.75) is 13.0 Å². The Morgan fingerprint density at radius 2 is 1.79 bits per heavy atom. The predicted molar refractivity (Wildman–Crippen MR) is 112 cm³/mol. The van der Waals surface area contributed by atoms with Gasteiger partial charge in [-0.25, -0.2) is 0 Å². The predicted octanol–water partition coefficient (Wildman–Crippen LogP) is 3.97. The van der Waals surface area contributed by atoms with E-state index in [1.807, 2.05) is 5.38 Å². The molecule has 2 heterocycles. The van der Waals surface area contributed by atoms with Crippen molar-refractivity contribution in [1.29, 1.82) is 0 Å². The number of thiophene rings is 1. The quantitative estimate of drug-likeness (QED) is 0.610. The second kappa shape index (κ2) is 7.76. The number of fused-ring (bicyclic) bond motifs is 1. The molecule has 1 unspecified atom stereocenters. The van der Waals surface area contributed by atoms with Gasteiger partial charge in [0.05, 0.1) is 10.6 Å². The van der Waals surface area contributed by atoms with Crippen molar-refractivity contribution in [3.8, 4) is 5.75 Å². The Hall–Kier alpha value is -3.65. The molecule has 1 aromatic heterocycles. The molecule has 0 spiro atoms. The van der Waals surface area contributed by atoms with E-state index in [4.69, 9.17) is 4.74 Å². The van der Waals surface area contributed by atoms with Gasteiger partial charge in [-0.05, 0) is 54.8 Å². The molecule has 2 aromatic carbocycles. The van der Waals surface area contributed by atoms with E-state index in [0.717, 1.165) is 0 Å². The van der Waals surface area contributed by atoms with Gasteiger partial charge in [-0.3, -0.25) is 14.4 Å². The van der Waals surface area contributed by atoms with Crippen LogP contribution in [0.2, 0.25) is 0 Å². The largest absolute Gasteiger partial charge is 0.479 e. The van der Waals surface area contributed by atoms with Gasteiger partial charge in [0, 0.05) is 16.9 Å². The molecule has 0 bridgehead atoms. The lowest BCUT2D eigenvalue weighted by Crippen LogP contribution is -2.34. The summed E-state index contributed by atoms with van der Waals surface area (Å²) in [7, 11) is 0. The van der Waals surface area contributed by atoms with Crippen LogP contribution >= 0.6 is 11.3 Å². The smallest absolute Gasteiger partial charge is 0.265 e. The van der Waals surface area contributed by atoms with Gasteiger partial charge in [-0.1, -0.05) is 12.1 Å². The van der Waals surface area contributed by atoms with Crippen molar-refractivity contribution >= 4 is 46.1 Å². The van der Waals surface area contributed by atoms with Crippen LogP contribution in [-0.2, 0) is 4.79 Å². The summed E-state index contributed by atoms with van der Waals surface area (Å²) in [4.78, 5) is 37.2. The van der Waals surface area contributed by atoms with Gasteiger partial charge in [0.2, 0.25) is 0 Å². The van der Waals surface area contributed by atoms with Crippen LogP contribution in [0.25, 0.3) is 0 Å². The molecule has 4 rings (SSSR count). The average molecular weight is 407 g/mol. The molecule has 7 nitrogen and oxygen atoms in total. The zero-order valence-electron chi connectivity index (χ0n) is 15.4. The minimum Gasteiger partial charge on any atom is -0.479 e. The molecule has 3 N–H and O–H groups in total. The fourth-order valence-corrected chi connectivity index (χ4v) is 3.45. The van der Waals surface area contributed by atoms with E-state index in [1.165, 1.54) is 11.3 Å². The van der Waals surface area contributed by atoms with Crippen LogP contribution in [0.4, 0.5) is 17.1 Å². The van der Waals surface area contributed by atoms with E-state index >= 15 is 0 Å². The van der Waals surface area contributed by atoms with E-state index in [2.05, 4.69) is 16.0 Å².